The summed E-state index contributed by atoms with van der Waals surface area (Å²) in [5.41, 5.74) is 12.5. The minimum atomic E-state index is 0.614. The molecule has 0 saturated heterocycles. The quantitative estimate of drug-likeness (QED) is 0.206. The van der Waals surface area contributed by atoms with Crippen LogP contribution in [-0.4, -0.2) is 0 Å². The number of furan rings is 2. The molecule has 2 heterocycles. The van der Waals surface area contributed by atoms with Gasteiger partial charge in [-0.15, -0.1) is 0 Å². The first-order valence-corrected chi connectivity index (χ1v) is 15.3. The zero-order valence-electron chi connectivity index (χ0n) is 24.7. The molecular formula is C43H25NO2. The second-order valence-corrected chi connectivity index (χ2v) is 11.6. The number of benzene rings is 7. The summed E-state index contributed by atoms with van der Waals surface area (Å²) >= 11 is 0. The maximum Gasteiger partial charge on any atom is 0.136 e. The molecule has 2 aromatic heterocycles. The number of hydrogen-bond acceptors (Lipinski definition) is 3. The lowest BCUT2D eigenvalue weighted by molar-refractivity contribution is 0.668. The van der Waals surface area contributed by atoms with Gasteiger partial charge in [0, 0.05) is 21.5 Å². The van der Waals surface area contributed by atoms with Crippen molar-refractivity contribution in [3.63, 3.8) is 0 Å². The molecule has 3 nitrogen and oxygen atoms in total. The van der Waals surface area contributed by atoms with Gasteiger partial charge in [0.25, 0.3) is 0 Å². The van der Waals surface area contributed by atoms with E-state index < -0.39 is 0 Å². The van der Waals surface area contributed by atoms with Crippen molar-refractivity contribution in [3.8, 4) is 50.6 Å². The maximum atomic E-state index is 10.2. The van der Waals surface area contributed by atoms with Gasteiger partial charge in [0.15, 0.2) is 0 Å². The molecule has 7 aromatic carbocycles. The minimum absolute atomic E-state index is 0.614. The molecule has 0 unspecified atom stereocenters. The van der Waals surface area contributed by atoms with Crippen molar-refractivity contribution in [3.05, 3.63) is 157 Å². The molecule has 3 heteroatoms. The Morgan fingerprint density at radius 3 is 1.65 bits per heavy atom. The Kier molecular flexibility index (Phi) is 5.88. The van der Waals surface area contributed by atoms with E-state index in [0.717, 1.165) is 88.4 Å². The maximum absolute atomic E-state index is 10.2. The Hall–Kier alpha value is -6.37. The highest BCUT2D eigenvalue weighted by Gasteiger charge is 2.19. The molecule has 46 heavy (non-hydrogen) atoms. The summed E-state index contributed by atoms with van der Waals surface area (Å²) in [6.45, 7) is 0. The highest BCUT2D eigenvalue weighted by atomic mass is 16.3. The summed E-state index contributed by atoms with van der Waals surface area (Å²) in [6, 6.07) is 54.3. The van der Waals surface area contributed by atoms with Crippen LogP contribution < -0.4 is 0 Å². The second-order valence-electron chi connectivity index (χ2n) is 11.6. The number of nitriles is 1. The summed E-state index contributed by atoms with van der Waals surface area (Å²) in [5, 5.41) is 14.5. The first kappa shape index (κ1) is 26.1. The van der Waals surface area contributed by atoms with Gasteiger partial charge in [0.2, 0.25) is 0 Å². The number of rotatable bonds is 4. The van der Waals surface area contributed by atoms with E-state index in [4.69, 9.17) is 8.83 Å². The zero-order valence-corrected chi connectivity index (χ0v) is 24.7. The van der Waals surface area contributed by atoms with E-state index in [1.807, 2.05) is 66.7 Å². The Morgan fingerprint density at radius 2 is 0.957 bits per heavy atom. The van der Waals surface area contributed by atoms with E-state index in [1.165, 1.54) is 0 Å². The van der Waals surface area contributed by atoms with Gasteiger partial charge in [0.1, 0.15) is 22.3 Å². The van der Waals surface area contributed by atoms with Crippen molar-refractivity contribution in [1.29, 1.82) is 5.26 Å². The van der Waals surface area contributed by atoms with Crippen molar-refractivity contribution in [2.24, 2.45) is 0 Å². The van der Waals surface area contributed by atoms with Crippen molar-refractivity contribution in [2.75, 3.05) is 0 Å². The normalized spacial score (nSPS) is 11.5. The molecule has 0 fully saturated rings. The molecular weight excluding hydrogens is 562 g/mol. The Labute approximate surface area is 265 Å². The standard InChI is InChI=1S/C43H25NO2/c44-26-27-22-30(28-10-2-1-3-11-28)24-31(23-27)37-25-29(32-14-8-18-40-42(32)35-12-4-6-16-38(35)45-40)20-21-33(37)34-15-9-19-41-43(34)36-13-5-7-17-39(36)46-41/h1-25H. The molecule has 0 bridgehead atoms. The third-order valence-electron chi connectivity index (χ3n) is 8.91. The van der Waals surface area contributed by atoms with Crippen molar-refractivity contribution in [2.45, 2.75) is 0 Å². The predicted molar refractivity (Wildman–Crippen MR) is 187 cm³/mol. The third kappa shape index (κ3) is 4.13. The van der Waals surface area contributed by atoms with Gasteiger partial charge >= 0.3 is 0 Å². The molecule has 9 aromatic rings. The molecule has 0 N–H and O–H groups in total. The van der Waals surface area contributed by atoms with E-state index in [2.05, 4.69) is 91.0 Å². The molecule has 0 aliphatic heterocycles. The Bertz CT molecular complexity index is 2650. The van der Waals surface area contributed by atoms with Gasteiger partial charge in [-0.25, -0.2) is 0 Å². The van der Waals surface area contributed by atoms with E-state index in [1.54, 1.807) is 0 Å². The van der Waals surface area contributed by atoms with Crippen LogP contribution in [0.25, 0.3) is 88.4 Å². The summed E-state index contributed by atoms with van der Waals surface area (Å²) in [6.07, 6.45) is 0. The minimum Gasteiger partial charge on any atom is -0.456 e. The molecule has 0 aliphatic carbocycles. The number of fused-ring (bicyclic) bond motifs is 6. The Morgan fingerprint density at radius 1 is 0.370 bits per heavy atom. The predicted octanol–water partition coefficient (Wildman–Crippen LogP) is 12.0. The lowest BCUT2D eigenvalue weighted by Gasteiger charge is -2.16. The lowest BCUT2D eigenvalue weighted by Crippen LogP contribution is -1.91. The van der Waals surface area contributed by atoms with Gasteiger partial charge in [-0.05, 0) is 93.0 Å². The van der Waals surface area contributed by atoms with Gasteiger partial charge < -0.3 is 8.83 Å². The van der Waals surface area contributed by atoms with Gasteiger partial charge in [0.05, 0.1) is 11.6 Å². The number of hydrogen-bond donors (Lipinski definition) is 0. The molecule has 0 atom stereocenters. The van der Waals surface area contributed by atoms with Crippen LogP contribution in [0.5, 0.6) is 0 Å². The van der Waals surface area contributed by atoms with Crippen LogP contribution in [0.1, 0.15) is 5.56 Å². The topological polar surface area (TPSA) is 50.1 Å². The molecule has 9 rings (SSSR count). The number of para-hydroxylation sites is 2. The molecule has 0 saturated carbocycles. The monoisotopic (exact) mass is 587 g/mol. The summed E-state index contributed by atoms with van der Waals surface area (Å²) < 4.78 is 12.5. The SMILES string of the molecule is N#Cc1cc(-c2ccccc2)cc(-c2cc(-c3cccc4oc5ccccc5c34)ccc2-c2cccc3oc4ccccc4c23)c1. The summed E-state index contributed by atoms with van der Waals surface area (Å²) in [4.78, 5) is 0. The van der Waals surface area contributed by atoms with Crippen molar-refractivity contribution >= 4 is 43.9 Å². The van der Waals surface area contributed by atoms with Crippen LogP contribution >= 0.6 is 0 Å². The Balaban J connectivity index is 1.36. The molecule has 0 amide bonds. The van der Waals surface area contributed by atoms with Gasteiger partial charge in [-0.2, -0.15) is 5.26 Å². The van der Waals surface area contributed by atoms with E-state index in [-0.39, 0.29) is 0 Å². The summed E-state index contributed by atoms with van der Waals surface area (Å²) in [7, 11) is 0. The average molecular weight is 588 g/mol. The highest BCUT2D eigenvalue weighted by molar-refractivity contribution is 6.15. The fourth-order valence-corrected chi connectivity index (χ4v) is 6.84. The average Bonchev–Trinajstić information content (AvgIpc) is 3.70. The zero-order chi connectivity index (χ0) is 30.6. The third-order valence-corrected chi connectivity index (χ3v) is 8.91. The van der Waals surface area contributed by atoms with Crippen LogP contribution in [0.3, 0.4) is 0 Å². The summed E-state index contributed by atoms with van der Waals surface area (Å²) in [5.74, 6) is 0. The van der Waals surface area contributed by atoms with Gasteiger partial charge in [-0.3, -0.25) is 0 Å². The highest BCUT2D eigenvalue weighted by Crippen LogP contribution is 2.44. The lowest BCUT2D eigenvalue weighted by atomic mass is 9.87. The second kappa shape index (κ2) is 10.4. The van der Waals surface area contributed by atoms with Gasteiger partial charge in [-0.1, -0.05) is 103 Å². The van der Waals surface area contributed by atoms with Crippen molar-refractivity contribution in [1.82, 2.24) is 0 Å². The van der Waals surface area contributed by atoms with E-state index in [9.17, 15) is 5.26 Å². The van der Waals surface area contributed by atoms with Crippen LogP contribution in [0, 0.1) is 11.3 Å². The molecule has 214 valence electrons. The largest absolute Gasteiger partial charge is 0.456 e. The fraction of sp³-hybridized carbons (Fsp3) is 0. The van der Waals surface area contributed by atoms with Crippen LogP contribution in [0.2, 0.25) is 0 Å². The molecule has 0 spiro atoms. The van der Waals surface area contributed by atoms with E-state index in [0.29, 0.717) is 5.56 Å². The number of nitrogens with zero attached hydrogens (tertiary/aromatic N) is 1. The fourth-order valence-electron chi connectivity index (χ4n) is 6.84. The first-order valence-electron chi connectivity index (χ1n) is 15.3. The van der Waals surface area contributed by atoms with Crippen LogP contribution in [0.4, 0.5) is 0 Å². The van der Waals surface area contributed by atoms with Crippen molar-refractivity contribution < 1.29 is 8.83 Å². The smallest absolute Gasteiger partial charge is 0.136 e. The molecule has 0 radical (unpaired) electrons. The van der Waals surface area contributed by atoms with Crippen LogP contribution in [0.15, 0.2) is 160 Å². The first-order chi connectivity index (χ1) is 22.7. The van der Waals surface area contributed by atoms with Crippen LogP contribution in [-0.2, 0) is 0 Å². The molecule has 0 aliphatic rings. The van der Waals surface area contributed by atoms with E-state index >= 15 is 0 Å².